The Bertz CT molecular complexity index is 943. The molecule has 1 aromatic heterocycles. The number of benzene rings is 2. The van der Waals surface area contributed by atoms with Crippen LogP contribution < -0.4 is 15.5 Å². The van der Waals surface area contributed by atoms with Crippen LogP contribution in [0.15, 0.2) is 54.9 Å². The summed E-state index contributed by atoms with van der Waals surface area (Å²) in [6.07, 6.45) is 3.04. The van der Waals surface area contributed by atoms with E-state index in [1.54, 1.807) is 6.20 Å². The first kappa shape index (κ1) is 20.3. The fraction of sp³-hybridized carbons (Fsp3) is 0.261. The second-order valence-corrected chi connectivity index (χ2v) is 6.96. The minimum Gasteiger partial charge on any atom is -0.372 e. The van der Waals surface area contributed by atoms with E-state index in [4.69, 9.17) is 0 Å². The predicted octanol–water partition coefficient (Wildman–Crippen LogP) is 4.94. The van der Waals surface area contributed by atoms with Crippen molar-refractivity contribution in [3.05, 3.63) is 71.7 Å². The molecule has 2 N–H and O–H groups in total. The Balaban J connectivity index is 1.64. The van der Waals surface area contributed by atoms with Crippen molar-refractivity contribution in [2.24, 2.45) is 0 Å². The van der Waals surface area contributed by atoms with Crippen LogP contribution in [0, 0.1) is 13.8 Å². The maximum Gasteiger partial charge on any atom is 0.275 e. The molecule has 0 aliphatic rings. The monoisotopic (exact) mass is 389 g/mol. The Morgan fingerprint density at radius 1 is 0.897 bits per heavy atom. The van der Waals surface area contributed by atoms with Crippen LogP contribution in [0.3, 0.4) is 0 Å². The minimum atomic E-state index is -0.286. The van der Waals surface area contributed by atoms with Crippen molar-refractivity contribution in [1.29, 1.82) is 0 Å². The van der Waals surface area contributed by atoms with Gasteiger partial charge in [-0.05, 0) is 75.2 Å². The number of rotatable bonds is 7. The summed E-state index contributed by atoms with van der Waals surface area (Å²) < 4.78 is 0. The van der Waals surface area contributed by atoms with E-state index < -0.39 is 0 Å². The third kappa shape index (κ3) is 5.31. The molecule has 3 rings (SSSR count). The second-order valence-electron chi connectivity index (χ2n) is 6.96. The third-order valence-corrected chi connectivity index (χ3v) is 4.63. The van der Waals surface area contributed by atoms with Crippen molar-refractivity contribution in [2.45, 2.75) is 27.7 Å². The van der Waals surface area contributed by atoms with Crippen molar-refractivity contribution >= 4 is 28.8 Å². The number of aromatic nitrogens is 2. The highest BCUT2D eigenvalue weighted by atomic mass is 16.1. The number of carbonyl (C=O) groups is 1. The van der Waals surface area contributed by atoms with E-state index in [0.29, 0.717) is 5.82 Å². The smallest absolute Gasteiger partial charge is 0.275 e. The molecule has 2 aromatic carbocycles. The molecular formula is C23H27N5O. The van der Waals surface area contributed by atoms with Gasteiger partial charge >= 0.3 is 0 Å². The summed E-state index contributed by atoms with van der Waals surface area (Å²) in [7, 11) is 0. The van der Waals surface area contributed by atoms with Crippen LogP contribution in [-0.4, -0.2) is 29.0 Å². The highest BCUT2D eigenvalue weighted by molar-refractivity contribution is 6.02. The quantitative estimate of drug-likeness (QED) is 0.599. The third-order valence-electron chi connectivity index (χ3n) is 4.63. The number of hydrogen-bond donors (Lipinski definition) is 2. The molecule has 0 atom stereocenters. The van der Waals surface area contributed by atoms with Gasteiger partial charge in [0.25, 0.3) is 5.91 Å². The highest BCUT2D eigenvalue weighted by Crippen LogP contribution is 2.19. The lowest BCUT2D eigenvalue weighted by Gasteiger charge is -2.21. The largest absolute Gasteiger partial charge is 0.372 e. The van der Waals surface area contributed by atoms with Gasteiger partial charge in [0.05, 0.1) is 12.4 Å². The van der Waals surface area contributed by atoms with Gasteiger partial charge in [0.2, 0.25) is 0 Å². The fourth-order valence-electron chi connectivity index (χ4n) is 3.24. The maximum atomic E-state index is 12.5. The average molecular weight is 390 g/mol. The lowest BCUT2D eigenvalue weighted by Crippen LogP contribution is -2.21. The molecule has 1 amide bonds. The molecule has 0 spiro atoms. The molecule has 3 aromatic rings. The van der Waals surface area contributed by atoms with E-state index in [-0.39, 0.29) is 11.6 Å². The molecule has 0 saturated carbocycles. The molecule has 0 bridgehead atoms. The zero-order valence-electron chi connectivity index (χ0n) is 17.4. The van der Waals surface area contributed by atoms with E-state index in [1.165, 1.54) is 17.3 Å². The number of amides is 1. The Morgan fingerprint density at radius 3 is 2.10 bits per heavy atom. The van der Waals surface area contributed by atoms with Crippen molar-refractivity contribution in [2.75, 3.05) is 28.6 Å². The summed E-state index contributed by atoms with van der Waals surface area (Å²) in [6.45, 7) is 10.2. The van der Waals surface area contributed by atoms with Crippen molar-refractivity contribution in [3.8, 4) is 0 Å². The van der Waals surface area contributed by atoms with Crippen LogP contribution >= 0.6 is 0 Å². The molecule has 0 radical (unpaired) electrons. The number of anilines is 4. The SMILES string of the molecule is CCN(CC)c1ccc(NC(=O)c2cnc(Nc3cc(C)cc(C)c3)cn2)cc1. The van der Waals surface area contributed by atoms with Gasteiger partial charge in [-0.2, -0.15) is 0 Å². The molecule has 6 heteroatoms. The number of carbonyl (C=O) groups excluding carboxylic acids is 1. The van der Waals surface area contributed by atoms with E-state index in [1.807, 2.05) is 50.2 Å². The Hall–Kier alpha value is -3.41. The predicted molar refractivity (Wildman–Crippen MR) is 119 cm³/mol. The summed E-state index contributed by atoms with van der Waals surface area (Å²) in [4.78, 5) is 23.3. The molecule has 1 heterocycles. The number of aryl methyl sites for hydroxylation is 2. The normalized spacial score (nSPS) is 10.5. The van der Waals surface area contributed by atoms with Gasteiger partial charge in [-0.1, -0.05) is 6.07 Å². The Morgan fingerprint density at radius 2 is 1.55 bits per heavy atom. The standard InChI is InChI=1S/C23H27N5O/c1-5-28(6-2)20-9-7-18(8-10-20)27-23(29)21-14-25-22(15-24-21)26-19-12-16(3)11-17(4)13-19/h7-15H,5-6H2,1-4H3,(H,25,26)(H,27,29). The highest BCUT2D eigenvalue weighted by Gasteiger charge is 2.10. The van der Waals surface area contributed by atoms with Gasteiger partial charge in [0.1, 0.15) is 11.5 Å². The van der Waals surface area contributed by atoms with Crippen LogP contribution in [0.4, 0.5) is 22.9 Å². The average Bonchev–Trinajstić information content (AvgIpc) is 2.70. The first-order valence-electron chi connectivity index (χ1n) is 9.82. The Kier molecular flexibility index (Phi) is 6.44. The maximum absolute atomic E-state index is 12.5. The topological polar surface area (TPSA) is 70.2 Å². The molecule has 0 saturated heterocycles. The summed E-state index contributed by atoms with van der Waals surface area (Å²) in [6, 6.07) is 14.0. The zero-order chi connectivity index (χ0) is 20.8. The van der Waals surface area contributed by atoms with E-state index in [9.17, 15) is 4.79 Å². The van der Waals surface area contributed by atoms with Crippen molar-refractivity contribution < 1.29 is 4.79 Å². The van der Waals surface area contributed by atoms with Gasteiger partial charge in [-0.25, -0.2) is 9.97 Å². The number of nitrogens with one attached hydrogen (secondary N) is 2. The summed E-state index contributed by atoms with van der Waals surface area (Å²) in [5.74, 6) is 0.307. The molecule has 0 unspecified atom stereocenters. The molecule has 150 valence electrons. The molecular weight excluding hydrogens is 362 g/mol. The molecule has 0 aliphatic carbocycles. The number of hydrogen-bond acceptors (Lipinski definition) is 5. The van der Waals surface area contributed by atoms with Gasteiger partial charge in [-0.15, -0.1) is 0 Å². The van der Waals surface area contributed by atoms with Crippen molar-refractivity contribution in [3.63, 3.8) is 0 Å². The Labute approximate surface area is 172 Å². The molecule has 0 aliphatic heterocycles. The molecule has 6 nitrogen and oxygen atoms in total. The van der Waals surface area contributed by atoms with Crippen LogP contribution in [-0.2, 0) is 0 Å². The lowest BCUT2D eigenvalue weighted by molar-refractivity contribution is 0.102. The van der Waals surface area contributed by atoms with Gasteiger partial charge in [0.15, 0.2) is 0 Å². The first-order chi connectivity index (χ1) is 14.0. The lowest BCUT2D eigenvalue weighted by atomic mass is 10.1. The zero-order valence-corrected chi connectivity index (χ0v) is 17.4. The second kappa shape index (κ2) is 9.19. The van der Waals surface area contributed by atoms with Crippen molar-refractivity contribution in [1.82, 2.24) is 9.97 Å². The summed E-state index contributed by atoms with van der Waals surface area (Å²) >= 11 is 0. The fourth-order valence-corrected chi connectivity index (χ4v) is 3.24. The van der Waals surface area contributed by atoms with Gasteiger partial charge < -0.3 is 15.5 Å². The van der Waals surface area contributed by atoms with Gasteiger partial charge in [0, 0.05) is 30.2 Å². The van der Waals surface area contributed by atoms with Crippen LogP contribution in [0.1, 0.15) is 35.5 Å². The minimum absolute atomic E-state index is 0.267. The van der Waals surface area contributed by atoms with Gasteiger partial charge in [-0.3, -0.25) is 4.79 Å². The van der Waals surface area contributed by atoms with E-state index in [0.717, 1.165) is 30.2 Å². The van der Waals surface area contributed by atoms with E-state index in [2.05, 4.69) is 45.4 Å². The van der Waals surface area contributed by atoms with Crippen LogP contribution in [0.2, 0.25) is 0 Å². The first-order valence-corrected chi connectivity index (χ1v) is 9.82. The molecule has 29 heavy (non-hydrogen) atoms. The number of nitrogens with zero attached hydrogens (tertiary/aromatic N) is 3. The van der Waals surface area contributed by atoms with Crippen LogP contribution in [0.5, 0.6) is 0 Å². The summed E-state index contributed by atoms with van der Waals surface area (Å²) in [5, 5.41) is 6.08. The summed E-state index contributed by atoms with van der Waals surface area (Å²) in [5.41, 5.74) is 5.41. The van der Waals surface area contributed by atoms with E-state index >= 15 is 0 Å². The van der Waals surface area contributed by atoms with Crippen LogP contribution in [0.25, 0.3) is 0 Å². The molecule has 0 fully saturated rings.